The summed E-state index contributed by atoms with van der Waals surface area (Å²) in [6.45, 7) is 6.39. The van der Waals surface area contributed by atoms with Crippen molar-refractivity contribution in [2.75, 3.05) is 13.1 Å². The van der Waals surface area contributed by atoms with Crippen molar-refractivity contribution >= 4 is 27.8 Å². The summed E-state index contributed by atoms with van der Waals surface area (Å²) < 4.78 is 1.26. The monoisotopic (exact) mass is 314 g/mol. The lowest BCUT2D eigenvalue weighted by Crippen LogP contribution is -2.09. The van der Waals surface area contributed by atoms with Crippen LogP contribution in [-0.4, -0.2) is 24.4 Å². The van der Waals surface area contributed by atoms with Crippen molar-refractivity contribution in [3.63, 3.8) is 0 Å². The van der Waals surface area contributed by atoms with Gasteiger partial charge in [-0.15, -0.1) is 11.3 Å². The summed E-state index contributed by atoms with van der Waals surface area (Å²) in [4.78, 5) is 14.1. The van der Waals surface area contributed by atoms with Gasteiger partial charge in [-0.05, 0) is 25.2 Å². The zero-order chi connectivity index (χ0) is 16.0. The smallest absolute Gasteiger partial charge is 0.150 e. The third-order valence-corrected chi connectivity index (χ3v) is 3.48. The molecule has 116 valence electrons. The Morgan fingerprint density at radius 1 is 1.00 bits per heavy atom. The van der Waals surface area contributed by atoms with Crippen molar-refractivity contribution in [1.82, 2.24) is 10.3 Å². The molecule has 3 rings (SSSR count). The quantitative estimate of drug-likeness (QED) is 0.728. The van der Waals surface area contributed by atoms with Crippen LogP contribution in [0.1, 0.15) is 24.2 Å². The van der Waals surface area contributed by atoms with Gasteiger partial charge in [-0.3, -0.25) is 4.79 Å². The van der Waals surface area contributed by atoms with Crippen LogP contribution >= 0.6 is 11.3 Å². The third kappa shape index (κ3) is 7.11. The number of fused-ring (bicyclic) bond motifs is 1. The first-order valence-corrected chi connectivity index (χ1v) is 8.19. The number of hydrogen-bond acceptors (Lipinski definition) is 4. The number of carbonyl (C=O) groups excluding carboxylic acids is 1. The normalized spacial score (nSPS) is 9.18. The lowest BCUT2D eigenvalue weighted by atomic mass is 10.2. The second kappa shape index (κ2) is 11.6. The average Bonchev–Trinajstić information content (AvgIpc) is 3.06. The van der Waals surface area contributed by atoms with Crippen molar-refractivity contribution in [1.29, 1.82) is 0 Å². The van der Waals surface area contributed by atoms with E-state index in [0.29, 0.717) is 0 Å². The molecule has 3 nitrogen and oxygen atoms in total. The number of benzene rings is 2. The predicted octanol–water partition coefficient (Wildman–Crippen LogP) is 4.41. The maximum Gasteiger partial charge on any atom is 0.150 e. The van der Waals surface area contributed by atoms with Gasteiger partial charge < -0.3 is 5.32 Å². The molecule has 0 amide bonds. The van der Waals surface area contributed by atoms with E-state index in [1.807, 2.05) is 41.9 Å². The molecule has 2 aromatic carbocycles. The first-order chi connectivity index (χ1) is 10.8. The second-order valence-electron chi connectivity index (χ2n) is 4.31. The number of thiazole rings is 1. The summed E-state index contributed by atoms with van der Waals surface area (Å²) in [5.41, 5.74) is 3.69. The number of nitrogens with one attached hydrogen (secondary N) is 1. The summed E-state index contributed by atoms with van der Waals surface area (Å²) in [5.74, 6) is 0. The van der Waals surface area contributed by atoms with Crippen LogP contribution in [0.3, 0.4) is 0 Å². The maximum absolute atomic E-state index is 10.0. The number of para-hydroxylation sites is 1. The Balaban J connectivity index is 0.000000173. The molecule has 0 bridgehead atoms. The van der Waals surface area contributed by atoms with E-state index in [1.54, 1.807) is 23.5 Å². The van der Waals surface area contributed by atoms with Crippen LogP contribution in [0.2, 0.25) is 0 Å². The highest BCUT2D eigenvalue weighted by atomic mass is 32.1. The Morgan fingerprint density at radius 3 is 2.14 bits per heavy atom. The van der Waals surface area contributed by atoms with Crippen LogP contribution in [0.4, 0.5) is 0 Å². The largest absolute Gasteiger partial charge is 0.317 e. The molecule has 0 unspecified atom stereocenters. The van der Waals surface area contributed by atoms with Gasteiger partial charge in [0.05, 0.1) is 15.7 Å². The first kappa shape index (κ1) is 18.0. The van der Waals surface area contributed by atoms with Gasteiger partial charge in [0, 0.05) is 5.56 Å². The van der Waals surface area contributed by atoms with Crippen molar-refractivity contribution < 1.29 is 4.79 Å². The molecule has 0 aliphatic carbocycles. The maximum atomic E-state index is 10.0. The number of carbonyl (C=O) groups is 1. The van der Waals surface area contributed by atoms with E-state index in [0.717, 1.165) is 30.5 Å². The number of rotatable bonds is 3. The Morgan fingerprint density at radius 2 is 1.64 bits per heavy atom. The van der Waals surface area contributed by atoms with E-state index >= 15 is 0 Å². The van der Waals surface area contributed by atoms with Gasteiger partial charge in [0.2, 0.25) is 0 Å². The fourth-order valence-electron chi connectivity index (χ4n) is 1.58. The highest BCUT2D eigenvalue weighted by Gasteiger charge is 1.89. The van der Waals surface area contributed by atoms with Gasteiger partial charge in [0.1, 0.15) is 6.29 Å². The highest BCUT2D eigenvalue weighted by molar-refractivity contribution is 7.16. The minimum Gasteiger partial charge on any atom is -0.317 e. The third-order valence-electron chi connectivity index (χ3n) is 2.67. The Kier molecular flexibility index (Phi) is 9.50. The second-order valence-corrected chi connectivity index (χ2v) is 5.19. The van der Waals surface area contributed by atoms with Crippen molar-refractivity contribution in [2.24, 2.45) is 0 Å². The topological polar surface area (TPSA) is 42.0 Å². The van der Waals surface area contributed by atoms with Crippen molar-refractivity contribution in [3.05, 3.63) is 65.7 Å². The molecule has 1 heterocycles. The van der Waals surface area contributed by atoms with Crippen LogP contribution in [-0.2, 0) is 0 Å². The Hall–Kier alpha value is -2.04. The summed E-state index contributed by atoms with van der Waals surface area (Å²) in [6.07, 6.45) is 0.833. The average molecular weight is 314 g/mol. The molecule has 0 aliphatic rings. The van der Waals surface area contributed by atoms with E-state index in [-0.39, 0.29) is 0 Å². The van der Waals surface area contributed by atoms with Crippen LogP contribution in [0.5, 0.6) is 0 Å². The van der Waals surface area contributed by atoms with Gasteiger partial charge in [0.15, 0.2) is 0 Å². The number of nitrogens with zero attached hydrogens (tertiary/aromatic N) is 1. The van der Waals surface area contributed by atoms with E-state index in [2.05, 4.69) is 30.2 Å². The summed E-state index contributed by atoms with van der Waals surface area (Å²) in [7, 11) is 0. The van der Waals surface area contributed by atoms with Gasteiger partial charge >= 0.3 is 0 Å². The number of aldehydes is 1. The zero-order valence-electron chi connectivity index (χ0n) is 13.0. The molecule has 0 saturated carbocycles. The fourth-order valence-corrected chi connectivity index (χ4v) is 2.26. The van der Waals surface area contributed by atoms with Gasteiger partial charge in [-0.25, -0.2) is 4.98 Å². The van der Waals surface area contributed by atoms with Crippen molar-refractivity contribution in [3.8, 4) is 0 Å². The summed E-state index contributed by atoms with van der Waals surface area (Å²) in [6, 6.07) is 17.2. The lowest BCUT2D eigenvalue weighted by molar-refractivity contribution is 0.112. The Bertz CT molecular complexity index is 605. The molecular weight excluding hydrogens is 292 g/mol. The molecule has 0 atom stereocenters. The molecule has 0 aliphatic heterocycles. The fraction of sp³-hybridized carbons (Fsp3) is 0.222. The van der Waals surface area contributed by atoms with Crippen LogP contribution in [0.25, 0.3) is 10.2 Å². The summed E-state index contributed by atoms with van der Waals surface area (Å²) in [5, 5.41) is 3.11. The standard InChI is InChI=1S/C7H5NS.C7H6O.C4H11N/c1-2-4-7-6(3-1)8-5-9-7;8-6-7-4-2-1-3-5-7;1-3-5-4-2/h1-5H;1-6H;5H,3-4H2,1-2H3. The minimum atomic E-state index is 0.729. The molecule has 0 spiro atoms. The highest BCUT2D eigenvalue weighted by Crippen LogP contribution is 2.15. The minimum absolute atomic E-state index is 0.729. The lowest BCUT2D eigenvalue weighted by Gasteiger charge is -1.86. The molecule has 22 heavy (non-hydrogen) atoms. The van der Waals surface area contributed by atoms with E-state index in [4.69, 9.17) is 0 Å². The van der Waals surface area contributed by atoms with Crippen molar-refractivity contribution in [2.45, 2.75) is 13.8 Å². The van der Waals surface area contributed by atoms with Gasteiger partial charge in [-0.1, -0.05) is 56.3 Å². The SMILES string of the molecule is CCNCC.O=Cc1ccccc1.c1ccc2scnc2c1. The molecule has 1 aromatic heterocycles. The Labute approximate surface area is 136 Å². The molecule has 0 saturated heterocycles. The molecule has 3 aromatic rings. The zero-order valence-corrected chi connectivity index (χ0v) is 13.8. The molecule has 0 fully saturated rings. The molecular formula is C18H22N2OS. The van der Waals surface area contributed by atoms with Crippen LogP contribution < -0.4 is 5.32 Å². The van der Waals surface area contributed by atoms with Gasteiger partial charge in [-0.2, -0.15) is 0 Å². The molecule has 0 radical (unpaired) electrons. The van der Waals surface area contributed by atoms with E-state index < -0.39 is 0 Å². The molecule has 4 heteroatoms. The molecule has 1 N–H and O–H groups in total. The van der Waals surface area contributed by atoms with E-state index in [9.17, 15) is 4.79 Å². The van der Waals surface area contributed by atoms with Crippen LogP contribution in [0.15, 0.2) is 60.1 Å². The van der Waals surface area contributed by atoms with Crippen LogP contribution in [0, 0.1) is 0 Å². The van der Waals surface area contributed by atoms with E-state index in [1.165, 1.54) is 4.70 Å². The predicted molar refractivity (Wildman–Crippen MR) is 95.7 cm³/mol. The number of aromatic nitrogens is 1. The van der Waals surface area contributed by atoms with Gasteiger partial charge in [0.25, 0.3) is 0 Å². The first-order valence-electron chi connectivity index (χ1n) is 7.31. The summed E-state index contributed by atoms with van der Waals surface area (Å²) >= 11 is 1.68. The number of hydrogen-bond donors (Lipinski definition) is 1.